The second-order valence-corrected chi connectivity index (χ2v) is 7.02. The lowest BCUT2D eigenvalue weighted by Crippen LogP contribution is -2.15. The Morgan fingerprint density at radius 1 is 1.32 bits per heavy atom. The van der Waals surface area contributed by atoms with Crippen molar-refractivity contribution in [1.29, 1.82) is 0 Å². The van der Waals surface area contributed by atoms with Crippen LogP contribution in [0.5, 0.6) is 5.75 Å². The number of hydrogen-bond acceptors (Lipinski definition) is 2. The molecule has 104 valence electrons. The molecule has 3 atom stereocenters. The molecule has 1 aromatic carbocycles. The zero-order chi connectivity index (χ0) is 13.6. The van der Waals surface area contributed by atoms with E-state index >= 15 is 0 Å². The van der Waals surface area contributed by atoms with Gasteiger partial charge in [0.25, 0.3) is 0 Å². The lowest BCUT2D eigenvalue weighted by Gasteiger charge is -2.18. The van der Waals surface area contributed by atoms with E-state index in [1.807, 2.05) is 12.1 Å². The molecule has 19 heavy (non-hydrogen) atoms. The van der Waals surface area contributed by atoms with Crippen LogP contribution in [0.2, 0.25) is 5.02 Å². The summed E-state index contributed by atoms with van der Waals surface area (Å²) in [4.78, 5) is 0. The van der Waals surface area contributed by atoms with Crippen molar-refractivity contribution in [2.24, 2.45) is 23.5 Å². The normalized spacial score (nSPS) is 30.6. The average Bonchev–Trinajstić information content (AvgIpc) is 3.11. The molecule has 4 heteroatoms. The smallest absolute Gasteiger partial charge is 0.137 e. The van der Waals surface area contributed by atoms with E-state index in [-0.39, 0.29) is 6.04 Å². The van der Waals surface area contributed by atoms with Gasteiger partial charge >= 0.3 is 0 Å². The summed E-state index contributed by atoms with van der Waals surface area (Å²) < 4.78 is 6.38. The van der Waals surface area contributed by atoms with Gasteiger partial charge in [0.15, 0.2) is 0 Å². The third kappa shape index (κ3) is 2.41. The molecule has 0 amide bonds. The van der Waals surface area contributed by atoms with Gasteiger partial charge in [-0.3, -0.25) is 0 Å². The standard InChI is InChI=1S/C15H19BrClNO/c1-19-15-11(6-8(17)7-12(15)16)14(18)13-9-4-2-3-5-10(9)13/h6-7,9-10,13-14H,2-5,18H2,1H3. The summed E-state index contributed by atoms with van der Waals surface area (Å²) in [5, 5.41) is 0.710. The van der Waals surface area contributed by atoms with Crippen molar-refractivity contribution < 1.29 is 4.74 Å². The Bertz CT molecular complexity index is 481. The van der Waals surface area contributed by atoms with E-state index in [1.165, 1.54) is 25.7 Å². The maximum Gasteiger partial charge on any atom is 0.137 e. The molecule has 2 fully saturated rings. The summed E-state index contributed by atoms with van der Waals surface area (Å²) in [6.45, 7) is 0. The zero-order valence-electron chi connectivity index (χ0n) is 11.0. The minimum atomic E-state index is 0.0399. The quantitative estimate of drug-likeness (QED) is 0.873. The Labute approximate surface area is 127 Å². The maximum atomic E-state index is 6.51. The maximum absolute atomic E-state index is 6.51. The van der Waals surface area contributed by atoms with Gasteiger partial charge in [0, 0.05) is 16.6 Å². The van der Waals surface area contributed by atoms with Crippen LogP contribution < -0.4 is 10.5 Å². The fourth-order valence-corrected chi connectivity index (χ4v) is 4.83. The van der Waals surface area contributed by atoms with E-state index in [9.17, 15) is 0 Å². The largest absolute Gasteiger partial charge is 0.495 e. The molecule has 0 bridgehead atoms. The van der Waals surface area contributed by atoms with Gasteiger partial charge in [-0.2, -0.15) is 0 Å². The first-order valence-electron chi connectivity index (χ1n) is 6.92. The molecule has 0 radical (unpaired) electrons. The van der Waals surface area contributed by atoms with Crippen molar-refractivity contribution >= 4 is 27.5 Å². The van der Waals surface area contributed by atoms with E-state index < -0.39 is 0 Å². The summed E-state index contributed by atoms with van der Waals surface area (Å²) in [6, 6.07) is 3.86. The van der Waals surface area contributed by atoms with Crippen molar-refractivity contribution in [2.45, 2.75) is 31.7 Å². The molecule has 0 spiro atoms. The number of nitrogens with two attached hydrogens (primary N) is 1. The van der Waals surface area contributed by atoms with Crippen LogP contribution in [0.15, 0.2) is 16.6 Å². The Morgan fingerprint density at radius 2 is 1.95 bits per heavy atom. The van der Waals surface area contributed by atoms with E-state index in [1.54, 1.807) is 7.11 Å². The van der Waals surface area contributed by atoms with Crippen LogP contribution in [0.25, 0.3) is 0 Å². The first kappa shape index (κ1) is 13.7. The highest BCUT2D eigenvalue weighted by molar-refractivity contribution is 9.10. The SMILES string of the molecule is COc1c(Br)cc(Cl)cc1C(N)C1C2CCCCC21. The lowest BCUT2D eigenvalue weighted by atomic mass is 10.00. The number of ether oxygens (including phenoxy) is 1. The Kier molecular flexibility index (Phi) is 3.80. The molecule has 3 unspecified atom stereocenters. The first-order chi connectivity index (χ1) is 9.13. The van der Waals surface area contributed by atoms with Crippen molar-refractivity contribution in [3.05, 3.63) is 27.2 Å². The minimum absolute atomic E-state index is 0.0399. The summed E-state index contributed by atoms with van der Waals surface area (Å²) in [7, 11) is 1.68. The molecule has 0 saturated heterocycles. The topological polar surface area (TPSA) is 35.2 Å². The van der Waals surface area contributed by atoms with Crippen LogP contribution in [-0.4, -0.2) is 7.11 Å². The third-order valence-corrected chi connectivity index (χ3v) is 5.55. The van der Waals surface area contributed by atoms with Crippen molar-refractivity contribution in [3.8, 4) is 5.75 Å². The number of fused-ring (bicyclic) bond motifs is 1. The number of hydrogen-bond donors (Lipinski definition) is 1. The van der Waals surface area contributed by atoms with Gasteiger partial charge in [0.1, 0.15) is 5.75 Å². The molecular weight excluding hydrogens is 326 g/mol. The molecule has 0 aliphatic heterocycles. The molecule has 2 nitrogen and oxygen atoms in total. The molecule has 2 saturated carbocycles. The van der Waals surface area contributed by atoms with Crippen LogP contribution >= 0.6 is 27.5 Å². The van der Waals surface area contributed by atoms with Gasteiger partial charge in [-0.25, -0.2) is 0 Å². The summed E-state index contributed by atoms with van der Waals surface area (Å²) in [5.41, 5.74) is 7.56. The molecule has 1 aromatic rings. The number of benzene rings is 1. The molecule has 0 aromatic heterocycles. The average molecular weight is 345 g/mol. The number of methoxy groups -OCH3 is 1. The molecule has 0 heterocycles. The zero-order valence-corrected chi connectivity index (χ0v) is 13.4. The number of rotatable bonds is 3. The second-order valence-electron chi connectivity index (χ2n) is 5.73. The van der Waals surface area contributed by atoms with Gasteiger partial charge in [0.05, 0.1) is 11.6 Å². The first-order valence-corrected chi connectivity index (χ1v) is 8.09. The molecular formula is C15H19BrClNO. The van der Waals surface area contributed by atoms with Gasteiger partial charge in [-0.15, -0.1) is 0 Å². The molecule has 2 aliphatic rings. The van der Waals surface area contributed by atoms with Crippen molar-refractivity contribution in [3.63, 3.8) is 0 Å². The van der Waals surface area contributed by atoms with Gasteiger partial charge in [-0.05, 0) is 58.7 Å². The van der Waals surface area contributed by atoms with Crippen LogP contribution in [0, 0.1) is 17.8 Å². The monoisotopic (exact) mass is 343 g/mol. The minimum Gasteiger partial charge on any atom is -0.495 e. The lowest BCUT2D eigenvalue weighted by molar-refractivity contribution is 0.398. The Hall–Kier alpha value is -0.250. The summed E-state index contributed by atoms with van der Waals surface area (Å²) in [5.74, 6) is 3.10. The highest BCUT2D eigenvalue weighted by Crippen LogP contribution is 2.60. The van der Waals surface area contributed by atoms with Crippen molar-refractivity contribution in [2.75, 3.05) is 7.11 Å². The fraction of sp³-hybridized carbons (Fsp3) is 0.600. The van der Waals surface area contributed by atoms with Gasteiger partial charge in [0.2, 0.25) is 0 Å². The Morgan fingerprint density at radius 3 is 2.53 bits per heavy atom. The fourth-order valence-electron chi connectivity index (χ4n) is 3.83. The molecule has 2 aliphatic carbocycles. The highest BCUT2D eigenvalue weighted by atomic mass is 79.9. The highest BCUT2D eigenvalue weighted by Gasteiger charge is 2.53. The van der Waals surface area contributed by atoms with Gasteiger partial charge < -0.3 is 10.5 Å². The second kappa shape index (κ2) is 5.27. The van der Waals surface area contributed by atoms with Crippen molar-refractivity contribution in [1.82, 2.24) is 0 Å². The summed E-state index contributed by atoms with van der Waals surface area (Å²) >= 11 is 9.67. The molecule has 2 N–H and O–H groups in total. The number of halogens is 2. The predicted octanol–water partition coefficient (Wildman–Crippen LogP) is 4.55. The van der Waals surface area contributed by atoms with Crippen LogP contribution in [0.1, 0.15) is 37.3 Å². The third-order valence-electron chi connectivity index (χ3n) is 4.74. The van der Waals surface area contributed by atoms with E-state index in [0.29, 0.717) is 10.9 Å². The van der Waals surface area contributed by atoms with Crippen LogP contribution in [-0.2, 0) is 0 Å². The van der Waals surface area contributed by atoms with Gasteiger partial charge in [-0.1, -0.05) is 24.4 Å². The Balaban J connectivity index is 1.89. The van der Waals surface area contributed by atoms with Crippen LogP contribution in [0.4, 0.5) is 0 Å². The van der Waals surface area contributed by atoms with Crippen LogP contribution in [0.3, 0.4) is 0 Å². The van der Waals surface area contributed by atoms with E-state index in [0.717, 1.165) is 27.6 Å². The van der Waals surface area contributed by atoms with E-state index in [2.05, 4.69) is 15.9 Å². The predicted molar refractivity (Wildman–Crippen MR) is 81.6 cm³/mol. The molecule has 3 rings (SSSR count). The van der Waals surface area contributed by atoms with E-state index in [4.69, 9.17) is 22.1 Å². The summed E-state index contributed by atoms with van der Waals surface area (Å²) in [6.07, 6.45) is 5.40.